The zero-order valence-corrected chi connectivity index (χ0v) is 17.7. The normalized spacial score (nSPS) is 20.4. The number of nitrogens with one attached hydrogen (secondary N) is 2. The van der Waals surface area contributed by atoms with Crippen LogP contribution in [0.25, 0.3) is 5.57 Å². The standard InChI is InChI=1S/C23H23N3O6/c1-3-12-13-7-11(27)5-6-17(13)25-19-15(12)9-26-18(19)8-14-16(21(26)28)10-31-22(29)20(14)32-23(30)24-4-2/h5-8,19-20,25,27H,3-4,9-10H2,1-2H3,(H,24,30). The first-order chi connectivity index (χ1) is 15.4. The summed E-state index contributed by atoms with van der Waals surface area (Å²) in [5.41, 5.74) is 5.01. The molecule has 0 spiro atoms. The van der Waals surface area contributed by atoms with Crippen LogP contribution in [-0.4, -0.2) is 28.3 Å². The fourth-order valence-electron chi connectivity index (χ4n) is 4.78. The average molecular weight is 437 g/mol. The van der Waals surface area contributed by atoms with E-state index in [1.54, 1.807) is 29.7 Å². The predicted octanol–water partition coefficient (Wildman–Crippen LogP) is 2.74. The number of nitrogens with zero attached hydrogens (tertiary/aromatic N) is 1. The molecule has 0 radical (unpaired) electrons. The van der Waals surface area contributed by atoms with Gasteiger partial charge in [0.05, 0.1) is 11.6 Å². The summed E-state index contributed by atoms with van der Waals surface area (Å²) in [7, 11) is 0. The molecule has 1 aromatic carbocycles. The van der Waals surface area contributed by atoms with E-state index in [1.807, 2.05) is 13.0 Å². The first-order valence-electron chi connectivity index (χ1n) is 10.6. The summed E-state index contributed by atoms with van der Waals surface area (Å²) in [5.74, 6) is -0.520. The van der Waals surface area contributed by atoms with Gasteiger partial charge in [-0.05, 0) is 48.8 Å². The number of aromatic hydroxyl groups is 1. The summed E-state index contributed by atoms with van der Waals surface area (Å²) in [6.45, 7) is 4.36. The molecular weight excluding hydrogens is 414 g/mol. The summed E-state index contributed by atoms with van der Waals surface area (Å²) in [4.78, 5) is 37.8. The van der Waals surface area contributed by atoms with E-state index in [0.29, 0.717) is 29.9 Å². The number of anilines is 1. The number of carbonyl (C=O) groups excluding carboxylic acids is 2. The highest BCUT2D eigenvalue weighted by atomic mass is 16.6. The van der Waals surface area contributed by atoms with Crippen molar-refractivity contribution >= 4 is 23.3 Å². The van der Waals surface area contributed by atoms with E-state index in [-0.39, 0.29) is 24.0 Å². The number of aromatic nitrogens is 1. The molecule has 1 amide bonds. The van der Waals surface area contributed by atoms with Crippen molar-refractivity contribution < 1.29 is 24.2 Å². The van der Waals surface area contributed by atoms with Gasteiger partial charge in [-0.25, -0.2) is 9.59 Å². The molecule has 2 atom stereocenters. The van der Waals surface area contributed by atoms with Crippen LogP contribution in [0.5, 0.6) is 5.75 Å². The number of ether oxygens (including phenoxy) is 2. The summed E-state index contributed by atoms with van der Waals surface area (Å²) >= 11 is 0. The van der Waals surface area contributed by atoms with E-state index in [0.717, 1.165) is 28.8 Å². The Balaban J connectivity index is 1.63. The second-order valence-corrected chi connectivity index (χ2v) is 7.98. The molecule has 3 aliphatic heterocycles. The van der Waals surface area contributed by atoms with Gasteiger partial charge in [-0.3, -0.25) is 4.79 Å². The molecule has 0 saturated heterocycles. The van der Waals surface area contributed by atoms with Crippen molar-refractivity contribution in [1.29, 1.82) is 0 Å². The molecule has 1 aromatic heterocycles. The molecule has 4 heterocycles. The Labute approximate surface area is 183 Å². The highest BCUT2D eigenvalue weighted by molar-refractivity contribution is 5.85. The molecule has 0 bridgehead atoms. The van der Waals surface area contributed by atoms with Crippen LogP contribution in [0.2, 0.25) is 0 Å². The van der Waals surface area contributed by atoms with Gasteiger partial charge in [0.15, 0.2) is 0 Å². The molecule has 3 aliphatic rings. The molecule has 9 heteroatoms. The average Bonchev–Trinajstić information content (AvgIpc) is 3.13. The highest BCUT2D eigenvalue weighted by Crippen LogP contribution is 2.46. The number of phenols is 1. The number of fused-ring (bicyclic) bond motifs is 5. The van der Waals surface area contributed by atoms with Crippen LogP contribution < -0.4 is 16.2 Å². The Bertz CT molecular complexity index is 1250. The molecular formula is C23H23N3O6. The van der Waals surface area contributed by atoms with E-state index in [2.05, 4.69) is 10.6 Å². The molecule has 2 aromatic rings. The van der Waals surface area contributed by atoms with Crippen molar-refractivity contribution in [3.63, 3.8) is 0 Å². The summed E-state index contributed by atoms with van der Waals surface area (Å²) in [6.07, 6.45) is -1.31. The lowest BCUT2D eigenvalue weighted by atomic mass is 9.88. The van der Waals surface area contributed by atoms with Gasteiger partial charge in [0.25, 0.3) is 5.56 Å². The van der Waals surface area contributed by atoms with Gasteiger partial charge in [-0.1, -0.05) is 6.92 Å². The zero-order chi connectivity index (χ0) is 22.6. The van der Waals surface area contributed by atoms with E-state index in [1.165, 1.54) is 0 Å². The van der Waals surface area contributed by atoms with Crippen LogP contribution in [0.4, 0.5) is 10.5 Å². The summed E-state index contributed by atoms with van der Waals surface area (Å²) < 4.78 is 12.1. The number of esters is 1. The van der Waals surface area contributed by atoms with Crippen LogP contribution in [0, 0.1) is 0 Å². The first-order valence-corrected chi connectivity index (χ1v) is 10.6. The zero-order valence-electron chi connectivity index (χ0n) is 17.7. The number of rotatable bonds is 3. The highest BCUT2D eigenvalue weighted by Gasteiger charge is 2.40. The maximum Gasteiger partial charge on any atom is 0.408 e. The van der Waals surface area contributed by atoms with Crippen molar-refractivity contribution in [3.8, 4) is 5.75 Å². The lowest BCUT2D eigenvalue weighted by Gasteiger charge is -2.29. The largest absolute Gasteiger partial charge is 0.508 e. The van der Waals surface area contributed by atoms with Gasteiger partial charge >= 0.3 is 12.1 Å². The number of carbonyl (C=O) groups is 2. The minimum atomic E-state index is -1.30. The molecule has 0 aliphatic carbocycles. The number of phenolic OH excluding ortho intramolecular Hbond substituents is 1. The van der Waals surface area contributed by atoms with Gasteiger partial charge < -0.3 is 29.8 Å². The van der Waals surface area contributed by atoms with Crippen LogP contribution in [-0.2, 0) is 27.4 Å². The molecule has 166 valence electrons. The van der Waals surface area contributed by atoms with Crippen LogP contribution in [0.15, 0.2) is 34.6 Å². The van der Waals surface area contributed by atoms with E-state index in [4.69, 9.17) is 9.47 Å². The van der Waals surface area contributed by atoms with E-state index >= 15 is 0 Å². The number of allylic oxidation sites excluding steroid dienone is 1. The third kappa shape index (κ3) is 2.96. The third-order valence-corrected chi connectivity index (χ3v) is 6.21. The fourth-order valence-corrected chi connectivity index (χ4v) is 4.78. The lowest BCUT2D eigenvalue weighted by Crippen LogP contribution is -2.36. The van der Waals surface area contributed by atoms with Crippen molar-refractivity contribution in [2.24, 2.45) is 0 Å². The second-order valence-electron chi connectivity index (χ2n) is 7.98. The molecule has 32 heavy (non-hydrogen) atoms. The smallest absolute Gasteiger partial charge is 0.408 e. The Kier molecular flexibility index (Phi) is 4.69. The van der Waals surface area contributed by atoms with Gasteiger partial charge in [-0.15, -0.1) is 0 Å². The minimum absolute atomic E-state index is 0.158. The van der Waals surface area contributed by atoms with Crippen molar-refractivity contribution in [2.75, 3.05) is 11.9 Å². The number of amides is 1. The van der Waals surface area contributed by atoms with Crippen molar-refractivity contribution in [1.82, 2.24) is 9.88 Å². The summed E-state index contributed by atoms with van der Waals surface area (Å²) in [6, 6.07) is 6.66. The molecule has 5 rings (SSSR count). The van der Waals surface area contributed by atoms with Crippen LogP contribution in [0.3, 0.4) is 0 Å². The predicted molar refractivity (Wildman–Crippen MR) is 115 cm³/mol. The number of benzene rings is 1. The Hall–Kier alpha value is -3.75. The topological polar surface area (TPSA) is 119 Å². The monoisotopic (exact) mass is 437 g/mol. The number of hydrogen-bond donors (Lipinski definition) is 3. The number of hydrogen-bond acceptors (Lipinski definition) is 7. The number of cyclic esters (lactones) is 1. The fraction of sp³-hybridized carbons (Fsp3) is 0.348. The van der Waals surface area contributed by atoms with Gasteiger partial charge in [0.1, 0.15) is 12.4 Å². The van der Waals surface area contributed by atoms with Crippen molar-refractivity contribution in [2.45, 2.75) is 45.6 Å². The quantitative estimate of drug-likeness (QED) is 0.499. The molecule has 2 unspecified atom stereocenters. The molecule has 3 N–H and O–H groups in total. The Morgan fingerprint density at radius 3 is 2.88 bits per heavy atom. The van der Waals surface area contributed by atoms with Gasteiger partial charge in [0.2, 0.25) is 6.10 Å². The third-order valence-electron chi connectivity index (χ3n) is 6.21. The minimum Gasteiger partial charge on any atom is -0.508 e. The number of pyridine rings is 1. The first kappa shape index (κ1) is 20.2. The lowest BCUT2D eigenvalue weighted by molar-refractivity contribution is -0.157. The van der Waals surface area contributed by atoms with Gasteiger partial charge in [-0.2, -0.15) is 0 Å². The van der Waals surface area contributed by atoms with Crippen LogP contribution >= 0.6 is 0 Å². The SMILES string of the molecule is CCNC(=O)OC1C(=O)OCc2c1cc1n(c2=O)CC2=C(CC)c3cc(O)ccc3NC21. The Morgan fingerprint density at radius 1 is 1.31 bits per heavy atom. The molecule has 9 nitrogen and oxygen atoms in total. The summed E-state index contributed by atoms with van der Waals surface area (Å²) in [5, 5.41) is 15.9. The van der Waals surface area contributed by atoms with Crippen molar-refractivity contribution in [3.05, 3.63) is 62.6 Å². The van der Waals surface area contributed by atoms with E-state index in [9.17, 15) is 19.5 Å². The van der Waals surface area contributed by atoms with Crippen LogP contribution in [0.1, 0.15) is 54.8 Å². The van der Waals surface area contributed by atoms with Gasteiger partial charge in [0, 0.05) is 35.6 Å². The molecule has 0 saturated carbocycles. The Morgan fingerprint density at radius 2 is 2.12 bits per heavy atom. The maximum absolute atomic E-state index is 13.4. The maximum atomic E-state index is 13.4. The molecule has 0 fully saturated rings. The number of alkyl carbamates (subject to hydrolysis) is 1. The second kappa shape index (κ2) is 7.44. The van der Waals surface area contributed by atoms with E-state index < -0.39 is 18.2 Å².